The maximum absolute atomic E-state index is 12.2. The lowest BCUT2D eigenvalue weighted by Gasteiger charge is -2.06. The van der Waals surface area contributed by atoms with Crippen LogP contribution in [0.1, 0.15) is 15.9 Å². The van der Waals surface area contributed by atoms with Crippen molar-refractivity contribution in [3.63, 3.8) is 0 Å². The topological polar surface area (TPSA) is 88.4 Å². The van der Waals surface area contributed by atoms with E-state index in [2.05, 4.69) is 10.1 Å². The van der Waals surface area contributed by atoms with Gasteiger partial charge in [-0.25, -0.2) is 4.79 Å². The number of carbonyl (C=O) groups excluding carboxylic acids is 2. The number of amides is 1. The Morgan fingerprint density at radius 1 is 1.04 bits per heavy atom. The van der Waals surface area contributed by atoms with Gasteiger partial charge in [-0.2, -0.15) is 5.26 Å². The van der Waals surface area contributed by atoms with Crippen LogP contribution in [0.2, 0.25) is 0 Å². The summed E-state index contributed by atoms with van der Waals surface area (Å²) >= 11 is 0. The highest BCUT2D eigenvalue weighted by molar-refractivity contribution is 6.09. The molecule has 0 aliphatic rings. The quantitative estimate of drug-likeness (QED) is 0.515. The van der Waals surface area contributed by atoms with Crippen LogP contribution in [0.25, 0.3) is 6.08 Å². The summed E-state index contributed by atoms with van der Waals surface area (Å²) < 4.78 is 9.67. The molecule has 0 atom stereocenters. The Balaban J connectivity index is 2.12. The number of hydrogen-bond donors (Lipinski definition) is 1. The number of anilines is 1. The van der Waals surface area contributed by atoms with Crippen molar-refractivity contribution in [2.75, 3.05) is 19.5 Å². The standard InChI is InChI=1S/C19H16N2O4/c1-24-17-9-3-13(4-10-17)11-15(12-20)18(22)21-16-7-5-14(6-8-16)19(23)25-2/h3-11H,1-2H3,(H,21,22)/b15-11-. The molecular weight excluding hydrogens is 320 g/mol. The van der Waals surface area contributed by atoms with E-state index < -0.39 is 11.9 Å². The predicted molar refractivity (Wildman–Crippen MR) is 93.0 cm³/mol. The second kappa shape index (κ2) is 8.31. The van der Waals surface area contributed by atoms with Crippen LogP contribution in [0, 0.1) is 11.3 Å². The van der Waals surface area contributed by atoms with Crippen LogP contribution in [0.5, 0.6) is 5.75 Å². The molecule has 25 heavy (non-hydrogen) atoms. The molecule has 0 fully saturated rings. The zero-order valence-electron chi connectivity index (χ0n) is 13.8. The van der Waals surface area contributed by atoms with E-state index in [1.807, 2.05) is 6.07 Å². The highest BCUT2D eigenvalue weighted by Crippen LogP contribution is 2.16. The molecule has 0 aromatic heterocycles. The van der Waals surface area contributed by atoms with Gasteiger partial charge in [0.25, 0.3) is 5.91 Å². The van der Waals surface area contributed by atoms with Crippen molar-refractivity contribution in [3.05, 3.63) is 65.2 Å². The van der Waals surface area contributed by atoms with Gasteiger partial charge in [-0.3, -0.25) is 4.79 Å². The molecule has 0 unspecified atom stereocenters. The molecule has 1 N–H and O–H groups in total. The number of nitrogens with zero attached hydrogens (tertiary/aromatic N) is 1. The summed E-state index contributed by atoms with van der Waals surface area (Å²) in [7, 11) is 2.85. The van der Waals surface area contributed by atoms with Crippen LogP contribution in [0.3, 0.4) is 0 Å². The lowest BCUT2D eigenvalue weighted by Crippen LogP contribution is -2.13. The van der Waals surface area contributed by atoms with Gasteiger partial charge in [-0.1, -0.05) is 12.1 Å². The molecule has 0 radical (unpaired) electrons. The molecule has 2 aromatic carbocycles. The largest absolute Gasteiger partial charge is 0.497 e. The van der Waals surface area contributed by atoms with Crippen molar-refractivity contribution >= 4 is 23.6 Å². The number of nitriles is 1. The second-order valence-corrected chi connectivity index (χ2v) is 4.97. The highest BCUT2D eigenvalue weighted by Gasteiger charge is 2.10. The fourth-order valence-corrected chi connectivity index (χ4v) is 2.02. The van der Waals surface area contributed by atoms with Gasteiger partial charge < -0.3 is 14.8 Å². The van der Waals surface area contributed by atoms with Gasteiger partial charge in [0.1, 0.15) is 17.4 Å². The summed E-state index contributed by atoms with van der Waals surface area (Å²) in [4.78, 5) is 23.6. The van der Waals surface area contributed by atoms with E-state index in [1.54, 1.807) is 43.5 Å². The minimum atomic E-state index is -0.538. The summed E-state index contributed by atoms with van der Waals surface area (Å²) in [6, 6.07) is 15.0. The molecule has 1 amide bonds. The molecule has 2 rings (SSSR count). The van der Waals surface area contributed by atoms with Gasteiger partial charge in [0.2, 0.25) is 0 Å². The predicted octanol–water partition coefficient (Wildman–Crippen LogP) is 3.03. The van der Waals surface area contributed by atoms with Crippen molar-refractivity contribution in [3.8, 4) is 11.8 Å². The molecule has 6 nitrogen and oxygen atoms in total. The first-order valence-corrected chi connectivity index (χ1v) is 7.33. The average Bonchev–Trinajstić information content (AvgIpc) is 2.66. The SMILES string of the molecule is COC(=O)c1ccc(NC(=O)/C(C#N)=C\c2ccc(OC)cc2)cc1. The summed E-state index contributed by atoms with van der Waals surface area (Å²) in [5.41, 5.74) is 1.50. The van der Waals surface area contributed by atoms with Crippen molar-refractivity contribution in [2.24, 2.45) is 0 Å². The van der Waals surface area contributed by atoms with E-state index >= 15 is 0 Å². The molecule has 0 bridgehead atoms. The maximum Gasteiger partial charge on any atom is 0.337 e. The van der Waals surface area contributed by atoms with Crippen LogP contribution < -0.4 is 10.1 Å². The van der Waals surface area contributed by atoms with Gasteiger partial charge in [0.05, 0.1) is 19.8 Å². The normalized spacial score (nSPS) is 10.5. The summed E-state index contributed by atoms with van der Waals surface area (Å²) in [5, 5.41) is 11.8. The summed E-state index contributed by atoms with van der Waals surface area (Å²) in [6.45, 7) is 0. The second-order valence-electron chi connectivity index (χ2n) is 4.97. The number of rotatable bonds is 5. The van der Waals surface area contributed by atoms with Crippen molar-refractivity contribution in [2.45, 2.75) is 0 Å². The zero-order chi connectivity index (χ0) is 18.2. The first-order valence-electron chi connectivity index (χ1n) is 7.33. The minimum absolute atomic E-state index is 0.0396. The fourth-order valence-electron chi connectivity index (χ4n) is 2.02. The van der Waals surface area contributed by atoms with E-state index in [0.717, 1.165) is 0 Å². The van der Waals surface area contributed by atoms with Crippen LogP contribution in [0.15, 0.2) is 54.1 Å². The molecule has 0 saturated carbocycles. The molecule has 2 aromatic rings. The lowest BCUT2D eigenvalue weighted by molar-refractivity contribution is -0.112. The number of nitrogens with one attached hydrogen (secondary N) is 1. The fraction of sp³-hybridized carbons (Fsp3) is 0.105. The first kappa shape index (κ1) is 17.8. The number of ether oxygens (including phenoxy) is 2. The number of benzene rings is 2. The molecule has 6 heteroatoms. The third kappa shape index (κ3) is 4.69. The van der Waals surface area contributed by atoms with E-state index in [1.165, 1.54) is 25.3 Å². The Labute approximate surface area is 145 Å². The summed E-state index contributed by atoms with van der Waals surface area (Å²) in [5.74, 6) is -0.315. The molecule has 0 aliphatic heterocycles. The van der Waals surface area contributed by atoms with E-state index in [0.29, 0.717) is 22.6 Å². The van der Waals surface area contributed by atoms with Crippen molar-refractivity contribution in [1.29, 1.82) is 5.26 Å². The highest BCUT2D eigenvalue weighted by atomic mass is 16.5. The molecule has 126 valence electrons. The van der Waals surface area contributed by atoms with Crippen molar-refractivity contribution < 1.29 is 19.1 Å². The molecule has 0 saturated heterocycles. The first-order chi connectivity index (χ1) is 12.1. The Bertz CT molecular complexity index is 831. The smallest absolute Gasteiger partial charge is 0.337 e. The Kier molecular flexibility index (Phi) is 5.91. The van der Waals surface area contributed by atoms with Gasteiger partial charge >= 0.3 is 5.97 Å². The Hall–Kier alpha value is -3.59. The number of carbonyl (C=O) groups is 2. The van der Waals surface area contributed by atoms with Crippen LogP contribution in [-0.2, 0) is 9.53 Å². The summed E-state index contributed by atoms with van der Waals surface area (Å²) in [6.07, 6.45) is 1.48. The molecule has 0 spiro atoms. The van der Waals surface area contributed by atoms with Gasteiger partial charge in [0.15, 0.2) is 0 Å². The number of methoxy groups -OCH3 is 2. The average molecular weight is 336 g/mol. The molecule has 0 heterocycles. The third-order valence-electron chi connectivity index (χ3n) is 3.36. The van der Waals surface area contributed by atoms with Gasteiger partial charge in [0, 0.05) is 5.69 Å². The van der Waals surface area contributed by atoms with Crippen LogP contribution in [-0.4, -0.2) is 26.1 Å². The monoisotopic (exact) mass is 336 g/mol. The van der Waals surface area contributed by atoms with Crippen LogP contribution >= 0.6 is 0 Å². The Morgan fingerprint density at radius 2 is 1.68 bits per heavy atom. The van der Waals surface area contributed by atoms with Crippen LogP contribution in [0.4, 0.5) is 5.69 Å². The maximum atomic E-state index is 12.2. The molecular formula is C19H16N2O4. The lowest BCUT2D eigenvalue weighted by atomic mass is 10.1. The van der Waals surface area contributed by atoms with E-state index in [4.69, 9.17) is 4.74 Å². The zero-order valence-corrected chi connectivity index (χ0v) is 13.8. The van der Waals surface area contributed by atoms with E-state index in [-0.39, 0.29) is 5.57 Å². The van der Waals surface area contributed by atoms with Gasteiger partial charge in [-0.15, -0.1) is 0 Å². The molecule has 0 aliphatic carbocycles. The van der Waals surface area contributed by atoms with Crippen molar-refractivity contribution in [1.82, 2.24) is 0 Å². The third-order valence-corrected chi connectivity index (χ3v) is 3.36. The number of hydrogen-bond acceptors (Lipinski definition) is 5. The number of esters is 1. The minimum Gasteiger partial charge on any atom is -0.497 e. The Morgan fingerprint density at radius 3 is 2.20 bits per heavy atom. The van der Waals surface area contributed by atoms with E-state index in [9.17, 15) is 14.9 Å². The van der Waals surface area contributed by atoms with Gasteiger partial charge in [-0.05, 0) is 48.0 Å².